The quantitative estimate of drug-likeness (QED) is 0.463. The Bertz CT molecular complexity index is 103. The summed E-state index contributed by atoms with van der Waals surface area (Å²) in [6.45, 7) is 0. The van der Waals surface area contributed by atoms with E-state index in [1.807, 2.05) is 6.08 Å². The average molecular weight is 98.1 g/mol. The fraction of sp³-hybridized carbons (Fsp3) is 0.200. The minimum Gasteiger partial charge on any atom is -0.512 e. The Morgan fingerprint density at radius 3 is 3.00 bits per heavy atom. The maximum absolute atomic E-state index is 8.24. The molecular formula is C5H6O2. The van der Waals surface area contributed by atoms with Crippen molar-refractivity contribution in [2.45, 2.75) is 6.42 Å². The summed E-state index contributed by atoms with van der Waals surface area (Å²) >= 11 is 0. The van der Waals surface area contributed by atoms with Crippen LogP contribution in [-0.2, 0) is 4.74 Å². The van der Waals surface area contributed by atoms with Gasteiger partial charge in [0.2, 0.25) is 0 Å². The largest absolute Gasteiger partial charge is 0.512 e. The molecule has 0 unspecified atom stereocenters. The van der Waals surface area contributed by atoms with Gasteiger partial charge in [0.05, 0.1) is 6.26 Å². The van der Waals surface area contributed by atoms with Crippen LogP contribution < -0.4 is 0 Å². The van der Waals surface area contributed by atoms with Crippen molar-refractivity contribution in [3.63, 3.8) is 0 Å². The SMILES string of the molecule is OC=C1CC=CO1. The highest BCUT2D eigenvalue weighted by Crippen LogP contribution is 2.10. The first-order valence-electron chi connectivity index (χ1n) is 2.08. The second kappa shape index (κ2) is 1.69. The molecule has 7 heavy (non-hydrogen) atoms. The Morgan fingerprint density at radius 1 is 1.86 bits per heavy atom. The molecule has 1 aliphatic rings. The van der Waals surface area contributed by atoms with Crippen molar-refractivity contribution < 1.29 is 9.84 Å². The molecule has 1 rings (SSSR count). The topological polar surface area (TPSA) is 29.5 Å². The van der Waals surface area contributed by atoms with Crippen molar-refractivity contribution in [1.82, 2.24) is 0 Å². The summed E-state index contributed by atoms with van der Waals surface area (Å²) in [5.41, 5.74) is 0. The Kier molecular flexibility index (Phi) is 1.02. The van der Waals surface area contributed by atoms with Gasteiger partial charge in [0, 0.05) is 6.42 Å². The zero-order chi connectivity index (χ0) is 5.11. The van der Waals surface area contributed by atoms with E-state index in [9.17, 15) is 0 Å². The summed E-state index contributed by atoms with van der Waals surface area (Å²) in [6, 6.07) is 0. The smallest absolute Gasteiger partial charge is 0.141 e. The third kappa shape index (κ3) is 0.738. The van der Waals surface area contributed by atoms with Gasteiger partial charge >= 0.3 is 0 Å². The lowest BCUT2D eigenvalue weighted by Crippen LogP contribution is -1.73. The third-order valence-electron chi connectivity index (χ3n) is 0.779. The molecular weight excluding hydrogens is 92.1 g/mol. The number of ether oxygens (including phenoxy) is 1. The minimum atomic E-state index is 0.611. The van der Waals surface area contributed by atoms with Gasteiger partial charge in [-0.25, -0.2) is 0 Å². The van der Waals surface area contributed by atoms with Gasteiger partial charge in [-0.15, -0.1) is 0 Å². The lowest BCUT2D eigenvalue weighted by Gasteiger charge is -1.89. The lowest BCUT2D eigenvalue weighted by atomic mass is 10.4. The van der Waals surface area contributed by atoms with E-state index < -0.39 is 0 Å². The Hall–Kier alpha value is -0.920. The maximum atomic E-state index is 8.24. The van der Waals surface area contributed by atoms with E-state index in [4.69, 9.17) is 9.84 Å². The van der Waals surface area contributed by atoms with Crippen LogP contribution in [0.3, 0.4) is 0 Å². The molecule has 38 valence electrons. The van der Waals surface area contributed by atoms with Crippen molar-refractivity contribution in [3.8, 4) is 0 Å². The van der Waals surface area contributed by atoms with Crippen LogP contribution in [0.5, 0.6) is 0 Å². The third-order valence-corrected chi connectivity index (χ3v) is 0.779. The molecule has 0 bridgehead atoms. The molecule has 0 aromatic carbocycles. The summed E-state index contributed by atoms with van der Waals surface area (Å²) in [5.74, 6) is 0.611. The van der Waals surface area contributed by atoms with E-state index in [1.54, 1.807) is 6.26 Å². The average Bonchev–Trinajstić information content (AvgIpc) is 2.14. The molecule has 0 radical (unpaired) electrons. The Labute approximate surface area is 41.7 Å². The summed E-state index contributed by atoms with van der Waals surface area (Å²) in [4.78, 5) is 0. The predicted octanol–water partition coefficient (Wildman–Crippen LogP) is 1.32. The van der Waals surface area contributed by atoms with Crippen molar-refractivity contribution in [1.29, 1.82) is 0 Å². The van der Waals surface area contributed by atoms with E-state index in [0.29, 0.717) is 5.76 Å². The van der Waals surface area contributed by atoms with Gasteiger partial charge in [0.1, 0.15) is 12.0 Å². The molecule has 0 atom stereocenters. The normalized spacial score (nSPS) is 23.1. The summed E-state index contributed by atoms with van der Waals surface area (Å²) in [7, 11) is 0. The van der Waals surface area contributed by atoms with Crippen molar-refractivity contribution in [3.05, 3.63) is 24.4 Å². The molecule has 0 amide bonds. The van der Waals surface area contributed by atoms with Gasteiger partial charge in [-0.05, 0) is 6.08 Å². The molecule has 1 aliphatic heterocycles. The van der Waals surface area contributed by atoms with Gasteiger partial charge in [-0.2, -0.15) is 0 Å². The second-order valence-corrected chi connectivity index (χ2v) is 1.29. The predicted molar refractivity (Wildman–Crippen MR) is 25.6 cm³/mol. The number of hydrogen-bond donors (Lipinski definition) is 1. The maximum Gasteiger partial charge on any atom is 0.141 e. The summed E-state index contributed by atoms with van der Waals surface area (Å²) < 4.78 is 4.73. The number of hydrogen-bond acceptors (Lipinski definition) is 2. The number of aliphatic hydroxyl groups is 1. The Morgan fingerprint density at radius 2 is 2.71 bits per heavy atom. The number of rotatable bonds is 0. The first-order valence-corrected chi connectivity index (χ1v) is 2.08. The second-order valence-electron chi connectivity index (χ2n) is 1.29. The molecule has 0 saturated carbocycles. The van der Waals surface area contributed by atoms with Gasteiger partial charge in [-0.1, -0.05) is 0 Å². The van der Waals surface area contributed by atoms with Crippen LogP contribution in [0, 0.1) is 0 Å². The number of allylic oxidation sites excluding steroid dienone is 1. The summed E-state index contributed by atoms with van der Waals surface area (Å²) in [5, 5.41) is 8.24. The zero-order valence-electron chi connectivity index (χ0n) is 3.79. The molecule has 1 N–H and O–H groups in total. The van der Waals surface area contributed by atoms with Crippen molar-refractivity contribution in [2.24, 2.45) is 0 Å². The first kappa shape index (κ1) is 4.24. The van der Waals surface area contributed by atoms with Gasteiger partial charge in [0.15, 0.2) is 0 Å². The lowest BCUT2D eigenvalue weighted by molar-refractivity contribution is 0.333. The van der Waals surface area contributed by atoms with Gasteiger partial charge in [0.25, 0.3) is 0 Å². The van der Waals surface area contributed by atoms with Crippen LogP contribution in [0.15, 0.2) is 24.4 Å². The van der Waals surface area contributed by atoms with Gasteiger partial charge in [-0.3, -0.25) is 0 Å². The van der Waals surface area contributed by atoms with Crippen molar-refractivity contribution >= 4 is 0 Å². The highest BCUT2D eigenvalue weighted by Gasteiger charge is 1.97. The van der Waals surface area contributed by atoms with E-state index >= 15 is 0 Å². The van der Waals surface area contributed by atoms with Crippen LogP contribution >= 0.6 is 0 Å². The highest BCUT2D eigenvalue weighted by molar-refractivity contribution is 5.02. The first-order chi connectivity index (χ1) is 3.43. The molecule has 0 spiro atoms. The van der Waals surface area contributed by atoms with Crippen LogP contribution in [0.4, 0.5) is 0 Å². The van der Waals surface area contributed by atoms with Crippen LogP contribution in [0.2, 0.25) is 0 Å². The van der Waals surface area contributed by atoms with Gasteiger partial charge < -0.3 is 9.84 Å². The summed E-state index contributed by atoms with van der Waals surface area (Å²) in [6.07, 6.45) is 5.08. The van der Waals surface area contributed by atoms with E-state index in [0.717, 1.165) is 12.7 Å². The highest BCUT2D eigenvalue weighted by atomic mass is 16.5. The minimum absolute atomic E-state index is 0.611. The van der Waals surface area contributed by atoms with Crippen molar-refractivity contribution in [2.75, 3.05) is 0 Å². The molecule has 1 heterocycles. The molecule has 0 aromatic heterocycles. The molecule has 0 fully saturated rings. The van der Waals surface area contributed by atoms with E-state index in [2.05, 4.69) is 0 Å². The fourth-order valence-corrected chi connectivity index (χ4v) is 0.431. The molecule has 0 aromatic rings. The van der Waals surface area contributed by atoms with E-state index in [-0.39, 0.29) is 0 Å². The molecule has 2 heteroatoms. The van der Waals surface area contributed by atoms with E-state index in [1.165, 1.54) is 0 Å². The standard InChI is InChI=1S/C5H6O2/c6-4-5-2-1-3-7-5/h1,3-4,6H,2H2. The fourth-order valence-electron chi connectivity index (χ4n) is 0.431. The van der Waals surface area contributed by atoms with Crippen LogP contribution in [-0.4, -0.2) is 5.11 Å². The molecule has 2 nitrogen and oxygen atoms in total. The Balaban J connectivity index is 2.51. The van der Waals surface area contributed by atoms with Crippen LogP contribution in [0.1, 0.15) is 6.42 Å². The monoisotopic (exact) mass is 98.0 g/mol. The number of aliphatic hydroxyl groups excluding tert-OH is 1. The molecule has 0 aliphatic carbocycles. The molecule has 0 saturated heterocycles. The van der Waals surface area contributed by atoms with Crippen LogP contribution in [0.25, 0.3) is 0 Å². The zero-order valence-corrected chi connectivity index (χ0v) is 3.79.